The van der Waals surface area contributed by atoms with Crippen LogP contribution in [-0.2, 0) is 4.74 Å². The van der Waals surface area contributed by atoms with E-state index >= 15 is 0 Å². The SMILES string of the molecule is COCC(C)NC1(CO)CC1. The van der Waals surface area contributed by atoms with Crippen molar-refractivity contribution in [1.82, 2.24) is 5.32 Å². The molecule has 1 rings (SSSR count). The van der Waals surface area contributed by atoms with E-state index in [0.29, 0.717) is 12.6 Å². The first-order valence-electron chi connectivity index (χ1n) is 4.10. The van der Waals surface area contributed by atoms with Crippen LogP contribution in [0.4, 0.5) is 0 Å². The fourth-order valence-corrected chi connectivity index (χ4v) is 1.31. The van der Waals surface area contributed by atoms with Gasteiger partial charge in [-0.1, -0.05) is 0 Å². The Kier molecular flexibility index (Phi) is 2.87. The monoisotopic (exact) mass is 159 g/mol. The minimum atomic E-state index is 0.0396. The van der Waals surface area contributed by atoms with Crippen LogP contribution in [0.5, 0.6) is 0 Å². The molecule has 0 saturated heterocycles. The van der Waals surface area contributed by atoms with E-state index in [0.717, 1.165) is 12.8 Å². The first kappa shape index (κ1) is 8.97. The molecule has 0 aliphatic heterocycles. The van der Waals surface area contributed by atoms with E-state index < -0.39 is 0 Å². The number of hydrogen-bond acceptors (Lipinski definition) is 3. The number of hydrogen-bond donors (Lipinski definition) is 2. The fraction of sp³-hybridized carbons (Fsp3) is 1.00. The Morgan fingerprint density at radius 2 is 2.27 bits per heavy atom. The molecule has 66 valence electrons. The number of ether oxygens (including phenoxy) is 1. The molecule has 1 aliphatic carbocycles. The van der Waals surface area contributed by atoms with Crippen LogP contribution in [0.15, 0.2) is 0 Å². The van der Waals surface area contributed by atoms with Gasteiger partial charge in [-0.05, 0) is 19.8 Å². The standard InChI is InChI=1S/C8H17NO2/c1-7(5-11-2)9-8(6-10)3-4-8/h7,9-10H,3-6H2,1-2H3. The maximum Gasteiger partial charge on any atom is 0.0613 e. The third kappa shape index (κ3) is 2.43. The highest BCUT2D eigenvalue weighted by molar-refractivity contribution is 5.02. The fourth-order valence-electron chi connectivity index (χ4n) is 1.31. The lowest BCUT2D eigenvalue weighted by Crippen LogP contribution is -2.43. The van der Waals surface area contributed by atoms with Crippen LogP contribution < -0.4 is 5.32 Å². The molecule has 0 aromatic heterocycles. The number of methoxy groups -OCH3 is 1. The molecule has 11 heavy (non-hydrogen) atoms. The summed E-state index contributed by atoms with van der Waals surface area (Å²) in [7, 11) is 1.69. The highest BCUT2D eigenvalue weighted by atomic mass is 16.5. The summed E-state index contributed by atoms with van der Waals surface area (Å²) in [6, 6.07) is 0.342. The van der Waals surface area contributed by atoms with Gasteiger partial charge in [-0.25, -0.2) is 0 Å². The van der Waals surface area contributed by atoms with Crippen LogP contribution >= 0.6 is 0 Å². The molecule has 1 aliphatic rings. The molecule has 0 aromatic rings. The maximum absolute atomic E-state index is 8.97. The Morgan fingerprint density at radius 3 is 2.64 bits per heavy atom. The van der Waals surface area contributed by atoms with Crippen LogP contribution in [0.3, 0.4) is 0 Å². The van der Waals surface area contributed by atoms with Gasteiger partial charge in [0.1, 0.15) is 0 Å². The molecular formula is C8H17NO2. The Morgan fingerprint density at radius 1 is 1.64 bits per heavy atom. The molecule has 1 unspecified atom stereocenters. The predicted molar refractivity (Wildman–Crippen MR) is 43.5 cm³/mol. The van der Waals surface area contributed by atoms with Gasteiger partial charge in [-0.2, -0.15) is 0 Å². The van der Waals surface area contributed by atoms with Gasteiger partial charge in [0, 0.05) is 18.7 Å². The average Bonchev–Trinajstić information content (AvgIpc) is 2.70. The van der Waals surface area contributed by atoms with Crippen molar-refractivity contribution in [3.8, 4) is 0 Å². The third-order valence-corrected chi connectivity index (χ3v) is 2.13. The molecule has 1 atom stereocenters. The zero-order valence-electron chi connectivity index (χ0n) is 7.26. The molecule has 0 bridgehead atoms. The van der Waals surface area contributed by atoms with Crippen LogP contribution in [0.1, 0.15) is 19.8 Å². The van der Waals surface area contributed by atoms with Crippen LogP contribution in [0.25, 0.3) is 0 Å². The minimum Gasteiger partial charge on any atom is -0.394 e. The molecule has 2 N–H and O–H groups in total. The van der Waals surface area contributed by atoms with Gasteiger partial charge in [0.25, 0.3) is 0 Å². The lowest BCUT2D eigenvalue weighted by atomic mass is 10.2. The van der Waals surface area contributed by atoms with E-state index in [-0.39, 0.29) is 12.1 Å². The molecule has 0 spiro atoms. The number of nitrogens with one attached hydrogen (secondary N) is 1. The highest BCUT2D eigenvalue weighted by Gasteiger charge is 2.42. The van der Waals surface area contributed by atoms with E-state index in [9.17, 15) is 0 Å². The quantitative estimate of drug-likeness (QED) is 0.599. The van der Waals surface area contributed by atoms with Crippen molar-refractivity contribution in [1.29, 1.82) is 0 Å². The second-order valence-corrected chi connectivity index (χ2v) is 3.44. The second-order valence-electron chi connectivity index (χ2n) is 3.44. The van der Waals surface area contributed by atoms with Crippen molar-refractivity contribution in [3.63, 3.8) is 0 Å². The van der Waals surface area contributed by atoms with E-state index in [1.165, 1.54) is 0 Å². The van der Waals surface area contributed by atoms with Gasteiger partial charge in [-0.15, -0.1) is 0 Å². The number of rotatable bonds is 5. The zero-order chi connectivity index (χ0) is 8.32. The lowest BCUT2D eigenvalue weighted by Gasteiger charge is -2.19. The van der Waals surface area contributed by atoms with Crippen molar-refractivity contribution in [2.75, 3.05) is 20.3 Å². The van der Waals surface area contributed by atoms with Gasteiger partial charge >= 0.3 is 0 Å². The predicted octanol–water partition coefficient (Wildman–Crippen LogP) is 0.136. The molecule has 0 amide bonds. The van der Waals surface area contributed by atoms with Gasteiger partial charge in [-0.3, -0.25) is 0 Å². The number of aliphatic hydroxyl groups excluding tert-OH is 1. The van der Waals surface area contributed by atoms with Gasteiger partial charge in [0.2, 0.25) is 0 Å². The summed E-state index contributed by atoms with van der Waals surface area (Å²) in [5.74, 6) is 0. The smallest absolute Gasteiger partial charge is 0.0613 e. The Labute approximate surface area is 67.7 Å². The van der Waals surface area contributed by atoms with E-state index in [2.05, 4.69) is 12.2 Å². The lowest BCUT2D eigenvalue weighted by molar-refractivity contribution is 0.149. The van der Waals surface area contributed by atoms with Gasteiger partial charge in [0.05, 0.1) is 13.2 Å². The average molecular weight is 159 g/mol. The minimum absolute atomic E-state index is 0.0396. The van der Waals surface area contributed by atoms with E-state index in [1.807, 2.05) is 0 Å². The number of aliphatic hydroxyl groups is 1. The van der Waals surface area contributed by atoms with Crippen molar-refractivity contribution < 1.29 is 9.84 Å². The largest absolute Gasteiger partial charge is 0.394 e. The summed E-state index contributed by atoms with van der Waals surface area (Å²) in [4.78, 5) is 0. The normalized spacial score (nSPS) is 23.2. The van der Waals surface area contributed by atoms with Crippen LogP contribution in [-0.4, -0.2) is 37.0 Å². The molecular weight excluding hydrogens is 142 g/mol. The molecule has 0 radical (unpaired) electrons. The molecule has 1 saturated carbocycles. The summed E-state index contributed by atoms with van der Waals surface area (Å²) in [6.07, 6.45) is 2.19. The van der Waals surface area contributed by atoms with Crippen molar-refractivity contribution in [2.24, 2.45) is 0 Å². The Balaban J connectivity index is 2.18. The maximum atomic E-state index is 8.97. The molecule has 3 heteroatoms. The zero-order valence-corrected chi connectivity index (χ0v) is 7.26. The first-order valence-corrected chi connectivity index (χ1v) is 4.10. The Hall–Kier alpha value is -0.120. The van der Waals surface area contributed by atoms with Gasteiger partial charge in [0.15, 0.2) is 0 Å². The molecule has 1 fully saturated rings. The van der Waals surface area contributed by atoms with Crippen molar-refractivity contribution in [3.05, 3.63) is 0 Å². The first-order chi connectivity index (χ1) is 5.22. The van der Waals surface area contributed by atoms with E-state index in [4.69, 9.17) is 9.84 Å². The molecule has 0 heterocycles. The summed E-state index contributed by atoms with van der Waals surface area (Å²) in [5, 5.41) is 12.3. The van der Waals surface area contributed by atoms with E-state index in [1.54, 1.807) is 7.11 Å². The van der Waals surface area contributed by atoms with Crippen LogP contribution in [0, 0.1) is 0 Å². The summed E-state index contributed by atoms with van der Waals surface area (Å²) < 4.78 is 4.98. The molecule has 3 nitrogen and oxygen atoms in total. The third-order valence-electron chi connectivity index (χ3n) is 2.13. The topological polar surface area (TPSA) is 41.5 Å². The Bertz CT molecular complexity index is 123. The summed E-state index contributed by atoms with van der Waals surface area (Å²) >= 11 is 0. The molecule has 0 aromatic carbocycles. The van der Waals surface area contributed by atoms with Gasteiger partial charge < -0.3 is 15.2 Å². The van der Waals surface area contributed by atoms with Crippen molar-refractivity contribution >= 4 is 0 Å². The highest BCUT2D eigenvalue weighted by Crippen LogP contribution is 2.34. The second kappa shape index (κ2) is 3.52. The summed E-state index contributed by atoms with van der Waals surface area (Å²) in [6.45, 7) is 3.03. The van der Waals surface area contributed by atoms with Crippen molar-refractivity contribution in [2.45, 2.75) is 31.3 Å². The van der Waals surface area contributed by atoms with Crippen LogP contribution in [0.2, 0.25) is 0 Å². The summed E-state index contributed by atoms with van der Waals surface area (Å²) in [5.41, 5.74) is 0.0396.